The van der Waals surface area contributed by atoms with Crippen molar-refractivity contribution in [1.82, 2.24) is 0 Å². The molecule has 0 bridgehead atoms. The Morgan fingerprint density at radius 1 is 0.760 bits per heavy atom. The van der Waals surface area contributed by atoms with Crippen molar-refractivity contribution in [3.05, 3.63) is 0 Å². The molecule has 2 aliphatic rings. The molecule has 0 saturated heterocycles. The number of rotatable bonds is 9. The van der Waals surface area contributed by atoms with E-state index in [1.165, 1.54) is 64.2 Å². The van der Waals surface area contributed by atoms with Gasteiger partial charge in [-0.25, -0.2) is 0 Å². The zero-order chi connectivity index (χ0) is 18.1. The van der Waals surface area contributed by atoms with Gasteiger partial charge in [-0.15, -0.1) is 0 Å². The minimum absolute atomic E-state index is 0.0647. The highest BCUT2D eigenvalue weighted by Gasteiger charge is 2.41. The van der Waals surface area contributed by atoms with E-state index in [0.717, 1.165) is 12.5 Å². The average Bonchev–Trinajstić information content (AvgIpc) is 2.60. The Morgan fingerprint density at radius 2 is 1.36 bits per heavy atom. The maximum Gasteiger partial charge on any atom is 0.391 e. The summed E-state index contributed by atoms with van der Waals surface area (Å²) in [5.74, 6) is 0.442. The second kappa shape index (κ2) is 10.8. The van der Waals surface area contributed by atoms with Crippen molar-refractivity contribution in [2.75, 3.05) is 6.61 Å². The van der Waals surface area contributed by atoms with E-state index in [1.807, 2.05) is 0 Å². The zero-order valence-electron chi connectivity index (χ0n) is 16.0. The van der Waals surface area contributed by atoms with Crippen LogP contribution in [0.1, 0.15) is 96.8 Å². The van der Waals surface area contributed by atoms with Crippen LogP contribution in [0.4, 0.5) is 13.2 Å². The van der Waals surface area contributed by atoms with Crippen LogP contribution in [0.15, 0.2) is 0 Å². The van der Waals surface area contributed by atoms with E-state index >= 15 is 0 Å². The highest BCUT2D eigenvalue weighted by atomic mass is 19.4. The first kappa shape index (κ1) is 21.1. The van der Waals surface area contributed by atoms with Gasteiger partial charge in [-0.3, -0.25) is 0 Å². The second-order valence-corrected chi connectivity index (χ2v) is 8.44. The molecule has 0 atom stereocenters. The van der Waals surface area contributed by atoms with Crippen molar-refractivity contribution < 1.29 is 17.9 Å². The van der Waals surface area contributed by atoms with Gasteiger partial charge in [0.05, 0.1) is 12.0 Å². The third-order valence-corrected chi connectivity index (χ3v) is 6.39. The predicted molar refractivity (Wildman–Crippen MR) is 96.6 cm³/mol. The van der Waals surface area contributed by atoms with Crippen LogP contribution in [0.5, 0.6) is 0 Å². The first-order chi connectivity index (χ1) is 12.0. The van der Waals surface area contributed by atoms with Crippen LogP contribution < -0.4 is 0 Å². The summed E-state index contributed by atoms with van der Waals surface area (Å²) in [5, 5.41) is 0. The Balaban J connectivity index is 1.51. The van der Waals surface area contributed by atoms with Crippen LogP contribution in [0, 0.1) is 17.8 Å². The molecule has 0 aromatic rings. The lowest BCUT2D eigenvalue weighted by atomic mass is 9.80. The summed E-state index contributed by atoms with van der Waals surface area (Å²) in [6.07, 6.45) is 11.1. The van der Waals surface area contributed by atoms with Gasteiger partial charge in [-0.2, -0.15) is 13.2 Å². The summed E-state index contributed by atoms with van der Waals surface area (Å²) in [7, 11) is 0. The number of alkyl halides is 3. The van der Waals surface area contributed by atoms with Gasteiger partial charge < -0.3 is 4.74 Å². The molecule has 0 aromatic carbocycles. The van der Waals surface area contributed by atoms with Crippen LogP contribution >= 0.6 is 0 Å². The van der Waals surface area contributed by atoms with Gasteiger partial charge in [0.1, 0.15) is 0 Å². The summed E-state index contributed by atoms with van der Waals surface area (Å²) in [5.41, 5.74) is 0. The smallest absolute Gasteiger partial charge is 0.378 e. The van der Waals surface area contributed by atoms with Gasteiger partial charge in [0, 0.05) is 6.61 Å². The van der Waals surface area contributed by atoms with Crippen LogP contribution in [0.25, 0.3) is 0 Å². The molecule has 148 valence electrons. The molecule has 0 aromatic heterocycles. The van der Waals surface area contributed by atoms with Gasteiger partial charge in [-0.05, 0) is 50.4 Å². The summed E-state index contributed by atoms with van der Waals surface area (Å²) in [4.78, 5) is 0. The fraction of sp³-hybridized carbons (Fsp3) is 1.00. The molecule has 2 saturated carbocycles. The lowest BCUT2D eigenvalue weighted by Crippen LogP contribution is -2.31. The van der Waals surface area contributed by atoms with E-state index in [0.29, 0.717) is 18.8 Å². The molecule has 0 radical (unpaired) electrons. The van der Waals surface area contributed by atoms with Crippen molar-refractivity contribution in [1.29, 1.82) is 0 Å². The quantitative estimate of drug-likeness (QED) is 0.391. The summed E-state index contributed by atoms with van der Waals surface area (Å²) in [6, 6.07) is 0. The predicted octanol–water partition coefficient (Wildman–Crippen LogP) is 7.29. The van der Waals surface area contributed by atoms with Crippen molar-refractivity contribution in [3.8, 4) is 0 Å². The monoisotopic (exact) mass is 362 g/mol. The van der Waals surface area contributed by atoms with Crippen LogP contribution in [0.3, 0.4) is 0 Å². The van der Waals surface area contributed by atoms with Gasteiger partial charge in [0.25, 0.3) is 0 Å². The molecule has 2 aliphatic carbocycles. The molecular formula is C21H37F3O. The van der Waals surface area contributed by atoms with Gasteiger partial charge in [0.2, 0.25) is 0 Å². The molecule has 2 rings (SSSR count). The highest BCUT2D eigenvalue weighted by molar-refractivity contribution is 4.78. The van der Waals surface area contributed by atoms with Crippen molar-refractivity contribution >= 4 is 0 Å². The molecule has 2 fully saturated rings. The number of unbranched alkanes of at least 4 members (excludes halogenated alkanes) is 4. The van der Waals surface area contributed by atoms with Gasteiger partial charge in [0.15, 0.2) is 0 Å². The molecule has 4 heteroatoms. The molecule has 0 aliphatic heterocycles. The van der Waals surface area contributed by atoms with Crippen molar-refractivity contribution in [3.63, 3.8) is 0 Å². The van der Waals surface area contributed by atoms with Crippen molar-refractivity contribution in [2.24, 2.45) is 17.8 Å². The average molecular weight is 363 g/mol. The minimum atomic E-state index is -4.01. The normalized spacial score (nSPS) is 31.2. The lowest BCUT2D eigenvalue weighted by molar-refractivity contribution is -0.188. The molecule has 0 spiro atoms. The molecule has 1 nitrogen and oxygen atoms in total. The van der Waals surface area contributed by atoms with E-state index < -0.39 is 12.1 Å². The summed E-state index contributed by atoms with van der Waals surface area (Å²) >= 11 is 0. The molecule has 25 heavy (non-hydrogen) atoms. The third kappa shape index (κ3) is 7.88. The Morgan fingerprint density at radius 3 is 1.96 bits per heavy atom. The van der Waals surface area contributed by atoms with Crippen LogP contribution in [-0.2, 0) is 4.74 Å². The standard InChI is InChI=1S/C21H37F3O/c1-2-3-4-5-6-7-17-8-10-18(11-9-17)16-25-20-14-12-19(13-15-20)21(22,23)24/h17-20H,2-16H2,1H3/t17?,18?,19-,20-. The highest BCUT2D eigenvalue weighted by Crippen LogP contribution is 2.39. The van der Waals surface area contributed by atoms with Crippen molar-refractivity contribution in [2.45, 2.75) is 109 Å². The largest absolute Gasteiger partial charge is 0.391 e. The fourth-order valence-corrected chi connectivity index (χ4v) is 4.55. The van der Waals surface area contributed by atoms with E-state index in [4.69, 9.17) is 4.74 Å². The molecule has 0 amide bonds. The SMILES string of the molecule is CCCCCCCC1CCC(CO[C@H]2CC[C@H](C(F)(F)F)CC2)CC1. The Labute approximate surface area is 152 Å². The first-order valence-electron chi connectivity index (χ1n) is 10.7. The van der Waals surface area contributed by atoms with Gasteiger partial charge in [-0.1, -0.05) is 58.3 Å². The lowest BCUT2D eigenvalue weighted by Gasteiger charge is -2.32. The maximum absolute atomic E-state index is 12.7. The molecule has 0 unspecified atom stereocenters. The van der Waals surface area contributed by atoms with E-state index in [1.54, 1.807) is 0 Å². The number of hydrogen-bond acceptors (Lipinski definition) is 1. The fourth-order valence-electron chi connectivity index (χ4n) is 4.55. The Kier molecular flexibility index (Phi) is 9.09. The Bertz CT molecular complexity index is 340. The van der Waals surface area contributed by atoms with E-state index in [2.05, 4.69) is 6.92 Å². The van der Waals surface area contributed by atoms with E-state index in [9.17, 15) is 13.2 Å². The first-order valence-corrected chi connectivity index (χ1v) is 10.7. The zero-order valence-corrected chi connectivity index (χ0v) is 16.0. The summed E-state index contributed by atoms with van der Waals surface area (Å²) < 4.78 is 44.0. The minimum Gasteiger partial charge on any atom is -0.378 e. The summed E-state index contributed by atoms with van der Waals surface area (Å²) in [6.45, 7) is 3.02. The Hall–Kier alpha value is -0.250. The molecule has 0 heterocycles. The van der Waals surface area contributed by atoms with Crippen LogP contribution in [-0.4, -0.2) is 18.9 Å². The van der Waals surface area contributed by atoms with Gasteiger partial charge >= 0.3 is 6.18 Å². The maximum atomic E-state index is 12.7. The number of hydrogen-bond donors (Lipinski definition) is 0. The number of halogens is 3. The molecular weight excluding hydrogens is 325 g/mol. The molecule has 0 N–H and O–H groups in total. The second-order valence-electron chi connectivity index (χ2n) is 8.44. The van der Waals surface area contributed by atoms with E-state index in [-0.39, 0.29) is 18.9 Å². The van der Waals surface area contributed by atoms with Crippen LogP contribution in [0.2, 0.25) is 0 Å². The topological polar surface area (TPSA) is 9.23 Å². The number of ether oxygens (including phenoxy) is 1. The third-order valence-electron chi connectivity index (χ3n) is 6.39.